The second-order valence-electron chi connectivity index (χ2n) is 8.23. The zero-order valence-corrected chi connectivity index (χ0v) is 23.5. The molecule has 180 valence electrons. The van der Waals surface area contributed by atoms with Crippen molar-refractivity contribution in [2.24, 2.45) is 0 Å². The van der Waals surface area contributed by atoms with Crippen LogP contribution >= 0.6 is 0 Å². The van der Waals surface area contributed by atoms with Gasteiger partial charge in [0.25, 0.3) is 0 Å². The number of ether oxygens (including phenoxy) is 3. The van der Waals surface area contributed by atoms with Crippen LogP contribution < -0.4 is 34.3 Å². The van der Waals surface area contributed by atoms with Gasteiger partial charge in [0.05, 0.1) is 42.9 Å². The van der Waals surface area contributed by atoms with Crippen LogP contribution in [-0.2, 0) is 31.4 Å². The molecule has 1 rings (SSSR count). The second-order valence-corrected chi connectivity index (χ2v) is 8.83. The largest absolute Gasteiger partial charge is 1.00 e. The van der Waals surface area contributed by atoms with Gasteiger partial charge in [-0.3, -0.25) is 4.18 Å². The Kier molecular flexibility index (Phi) is 20.4. The van der Waals surface area contributed by atoms with Crippen LogP contribution in [0.2, 0.25) is 0 Å². The van der Waals surface area contributed by atoms with E-state index in [1.165, 1.54) is 50.5 Å². The first-order valence-electron chi connectivity index (χ1n) is 11.6. The molecule has 0 saturated carbocycles. The predicted octanol–water partition coefficient (Wildman–Crippen LogP) is 2.37. The van der Waals surface area contributed by atoms with E-state index in [0.717, 1.165) is 12.2 Å². The Hall–Kier alpha value is 0.01000. The standard InChI is InChI=1S/C24H42O6S.Na/c1-5-6-7-8-9-10-11-12-23-13-15-24(16-14-23)29-18-21(3)27-17-20(2)28-19-22(4)30-31(25)26;/h13-16,20-22H,5-12,17-19H2,1-4H3,(H,25,26);/q;+1/p-1. The Labute approximate surface area is 219 Å². The maximum absolute atomic E-state index is 10.5. The third-order valence-electron chi connectivity index (χ3n) is 4.95. The molecule has 0 bridgehead atoms. The van der Waals surface area contributed by atoms with E-state index in [2.05, 4.69) is 23.2 Å². The maximum Gasteiger partial charge on any atom is 1.00 e. The Morgan fingerprint density at radius 1 is 0.812 bits per heavy atom. The molecule has 0 aliphatic rings. The number of hydrogen-bond acceptors (Lipinski definition) is 6. The third-order valence-corrected chi connectivity index (χ3v) is 5.44. The van der Waals surface area contributed by atoms with Gasteiger partial charge in [-0.25, -0.2) is 4.21 Å². The smallest absolute Gasteiger partial charge is 0.750 e. The normalized spacial score (nSPS) is 14.9. The number of hydrogen-bond donors (Lipinski definition) is 0. The van der Waals surface area contributed by atoms with Crippen molar-refractivity contribution < 1.29 is 56.7 Å². The third kappa shape index (κ3) is 17.5. The average Bonchev–Trinajstić information content (AvgIpc) is 2.74. The Morgan fingerprint density at radius 2 is 1.34 bits per heavy atom. The van der Waals surface area contributed by atoms with Crippen LogP contribution in [0.1, 0.15) is 78.2 Å². The van der Waals surface area contributed by atoms with Gasteiger partial charge in [0.1, 0.15) is 12.4 Å². The van der Waals surface area contributed by atoms with Gasteiger partial charge in [0.2, 0.25) is 0 Å². The summed E-state index contributed by atoms with van der Waals surface area (Å²) in [6, 6.07) is 8.34. The predicted molar refractivity (Wildman–Crippen MR) is 124 cm³/mol. The van der Waals surface area contributed by atoms with E-state index in [1.54, 1.807) is 6.92 Å². The van der Waals surface area contributed by atoms with Gasteiger partial charge in [-0.05, 0) is 51.3 Å². The van der Waals surface area contributed by atoms with Crippen LogP contribution in [0, 0.1) is 0 Å². The Balaban J connectivity index is 0.00000961. The van der Waals surface area contributed by atoms with Gasteiger partial charge in [-0.2, -0.15) is 0 Å². The molecule has 0 aliphatic heterocycles. The van der Waals surface area contributed by atoms with Crippen molar-refractivity contribution >= 4 is 11.4 Å². The molecule has 1 aromatic carbocycles. The second kappa shape index (κ2) is 20.4. The van der Waals surface area contributed by atoms with Gasteiger partial charge in [-0.1, -0.05) is 57.6 Å². The minimum absolute atomic E-state index is 0. The zero-order chi connectivity index (χ0) is 22.9. The molecule has 0 radical (unpaired) electrons. The topological polar surface area (TPSA) is 77.0 Å². The van der Waals surface area contributed by atoms with E-state index >= 15 is 0 Å². The fraction of sp³-hybridized carbons (Fsp3) is 0.750. The molecule has 4 atom stereocenters. The fourth-order valence-corrected chi connectivity index (χ4v) is 3.43. The molecule has 4 unspecified atom stereocenters. The Morgan fingerprint density at radius 3 is 1.94 bits per heavy atom. The van der Waals surface area contributed by atoms with Crippen molar-refractivity contribution in [2.75, 3.05) is 19.8 Å². The van der Waals surface area contributed by atoms with Gasteiger partial charge in [-0.15, -0.1) is 0 Å². The van der Waals surface area contributed by atoms with Crippen LogP contribution in [0.5, 0.6) is 5.75 Å². The van der Waals surface area contributed by atoms with Gasteiger partial charge in [0, 0.05) is 0 Å². The van der Waals surface area contributed by atoms with E-state index < -0.39 is 17.5 Å². The number of unbranched alkanes of at least 4 members (excludes halogenated alkanes) is 6. The average molecular weight is 481 g/mol. The first kappa shape index (κ1) is 32.0. The summed E-state index contributed by atoms with van der Waals surface area (Å²) in [6.45, 7) is 8.76. The van der Waals surface area contributed by atoms with Crippen molar-refractivity contribution in [1.29, 1.82) is 0 Å². The first-order valence-corrected chi connectivity index (χ1v) is 12.6. The molecule has 0 aromatic heterocycles. The summed E-state index contributed by atoms with van der Waals surface area (Å²) in [7, 11) is 0. The first-order chi connectivity index (χ1) is 14.9. The molecular weight excluding hydrogens is 439 g/mol. The van der Waals surface area contributed by atoms with E-state index in [9.17, 15) is 8.76 Å². The van der Waals surface area contributed by atoms with Crippen molar-refractivity contribution in [2.45, 2.75) is 97.4 Å². The van der Waals surface area contributed by atoms with Crippen molar-refractivity contribution in [3.63, 3.8) is 0 Å². The Bertz CT molecular complexity index is 586. The zero-order valence-electron chi connectivity index (χ0n) is 20.7. The molecule has 0 amide bonds. The molecule has 1 aromatic rings. The molecule has 0 saturated heterocycles. The fourth-order valence-electron chi connectivity index (χ4n) is 3.11. The van der Waals surface area contributed by atoms with Gasteiger partial charge < -0.3 is 18.8 Å². The van der Waals surface area contributed by atoms with E-state index in [0.29, 0.717) is 13.2 Å². The monoisotopic (exact) mass is 480 g/mol. The summed E-state index contributed by atoms with van der Waals surface area (Å²) in [6.07, 6.45) is 9.66. The SMILES string of the molecule is CCCCCCCCCc1ccc(OCC(C)OCC(C)OCC(C)OS(=O)[O-])cc1.[Na+]. The number of benzene rings is 1. The van der Waals surface area contributed by atoms with Crippen LogP contribution in [0.15, 0.2) is 24.3 Å². The van der Waals surface area contributed by atoms with Crippen molar-refractivity contribution in [3.05, 3.63) is 29.8 Å². The van der Waals surface area contributed by atoms with Crippen LogP contribution in [0.3, 0.4) is 0 Å². The summed E-state index contributed by atoms with van der Waals surface area (Å²) in [5.41, 5.74) is 1.36. The van der Waals surface area contributed by atoms with Gasteiger partial charge in [0.15, 0.2) is 0 Å². The van der Waals surface area contributed by atoms with E-state index in [1.807, 2.05) is 26.0 Å². The minimum atomic E-state index is -2.53. The van der Waals surface area contributed by atoms with E-state index in [4.69, 9.17) is 14.2 Å². The van der Waals surface area contributed by atoms with Crippen molar-refractivity contribution in [1.82, 2.24) is 0 Å². The van der Waals surface area contributed by atoms with Crippen molar-refractivity contribution in [3.8, 4) is 5.75 Å². The quantitative estimate of drug-likeness (QED) is 0.172. The maximum atomic E-state index is 10.5. The molecule has 6 nitrogen and oxygen atoms in total. The van der Waals surface area contributed by atoms with Crippen LogP contribution in [0.4, 0.5) is 0 Å². The number of rotatable bonds is 19. The molecule has 0 aliphatic carbocycles. The minimum Gasteiger partial charge on any atom is -0.750 e. The van der Waals surface area contributed by atoms with E-state index in [-0.39, 0.29) is 48.4 Å². The molecule has 0 fully saturated rings. The summed E-state index contributed by atoms with van der Waals surface area (Å²) in [5.74, 6) is 0.847. The number of aryl methyl sites for hydroxylation is 1. The van der Waals surface area contributed by atoms with Crippen LogP contribution in [0.25, 0.3) is 0 Å². The summed E-state index contributed by atoms with van der Waals surface area (Å²) in [4.78, 5) is 0. The summed E-state index contributed by atoms with van der Waals surface area (Å²) < 4.78 is 42.6. The molecule has 32 heavy (non-hydrogen) atoms. The molecule has 0 N–H and O–H groups in total. The van der Waals surface area contributed by atoms with Gasteiger partial charge >= 0.3 is 29.6 Å². The molecule has 0 heterocycles. The van der Waals surface area contributed by atoms with Crippen LogP contribution in [-0.4, -0.2) is 46.9 Å². The molecule has 0 spiro atoms. The molecular formula is C24H41NaO6S. The summed E-state index contributed by atoms with van der Waals surface area (Å²) >= 11 is -2.53. The summed E-state index contributed by atoms with van der Waals surface area (Å²) in [5, 5.41) is 0. The molecule has 8 heteroatoms.